The number of phenols is 3. The van der Waals surface area contributed by atoms with Crippen molar-refractivity contribution in [3.05, 3.63) is 86.5 Å². The molecular formula is C52H65NO13. The number of carboxylic acid groups (broad SMARTS) is 1. The lowest BCUT2D eigenvalue weighted by Gasteiger charge is -2.21. The molecule has 1 amide bonds. The molecule has 0 bridgehead atoms. The first-order valence-electron chi connectivity index (χ1n) is 22.8. The van der Waals surface area contributed by atoms with E-state index in [0.29, 0.717) is 42.7 Å². The van der Waals surface area contributed by atoms with Crippen molar-refractivity contribution in [2.45, 2.75) is 131 Å². The molecule has 0 fully saturated rings. The Hall–Kier alpha value is -6.57. The Bertz CT molecular complexity index is 2430. The van der Waals surface area contributed by atoms with Crippen LogP contribution in [0.15, 0.2) is 36.4 Å². The van der Waals surface area contributed by atoms with Crippen LogP contribution in [0.25, 0.3) is 0 Å². The molecule has 0 aliphatic carbocycles. The van der Waals surface area contributed by atoms with E-state index >= 15 is 0 Å². The molecule has 66 heavy (non-hydrogen) atoms. The lowest BCUT2D eigenvalue weighted by Crippen LogP contribution is -2.25. The summed E-state index contributed by atoms with van der Waals surface area (Å²) in [6, 6.07) is 8.69. The van der Waals surface area contributed by atoms with Gasteiger partial charge in [0.2, 0.25) is 0 Å². The zero-order valence-corrected chi connectivity index (χ0v) is 39.8. The van der Waals surface area contributed by atoms with Gasteiger partial charge >= 0.3 is 11.9 Å². The summed E-state index contributed by atoms with van der Waals surface area (Å²) in [6.45, 7) is 11.8. The van der Waals surface area contributed by atoms with E-state index in [-0.39, 0.29) is 81.0 Å². The fraction of sp³-hybridized carbons (Fsp3) is 0.442. The zero-order chi connectivity index (χ0) is 48.8. The molecule has 0 saturated carbocycles. The Balaban J connectivity index is 0.000000293. The number of ketones is 2. The largest absolute Gasteiger partial charge is 0.508 e. The highest BCUT2D eigenvalue weighted by molar-refractivity contribution is 6.11. The molecule has 0 saturated heterocycles. The number of aromatic hydroxyl groups is 3. The highest BCUT2D eigenvalue weighted by atomic mass is 16.6. The first-order chi connectivity index (χ1) is 31.4. The third-order valence-corrected chi connectivity index (χ3v) is 11.3. The Morgan fingerprint density at radius 1 is 0.652 bits per heavy atom. The number of ether oxygens (including phenoxy) is 4. The SMILES string of the molecule is CCCCCc1c(C)c(O)cc2c1Oc1cc(C)cc(C(=O)CCCC)c1C(=O)O2.CCCCCc1c(Oc2cc(OC)cc(C(=O)CCCC)c2C(=O)N(C)C)c(O)cc(O)c1C(=O)O. The number of aryl methyl sites for hydroxylation is 1. The summed E-state index contributed by atoms with van der Waals surface area (Å²) in [5.74, 6) is -2.93. The van der Waals surface area contributed by atoms with Crippen LogP contribution in [-0.4, -0.2) is 75.9 Å². The lowest BCUT2D eigenvalue weighted by molar-refractivity contribution is 0.0688. The number of carbonyl (C=O) groups is 5. The number of hydrogen-bond acceptors (Lipinski definition) is 12. The monoisotopic (exact) mass is 911 g/mol. The molecule has 4 aromatic rings. The summed E-state index contributed by atoms with van der Waals surface area (Å²) in [7, 11) is 4.48. The summed E-state index contributed by atoms with van der Waals surface area (Å²) in [5.41, 5.74) is 2.69. The minimum Gasteiger partial charge on any atom is -0.508 e. The summed E-state index contributed by atoms with van der Waals surface area (Å²) < 4.78 is 23.3. The summed E-state index contributed by atoms with van der Waals surface area (Å²) in [5, 5.41) is 41.1. The van der Waals surface area contributed by atoms with Crippen LogP contribution in [-0.2, 0) is 12.8 Å². The third-order valence-electron chi connectivity index (χ3n) is 11.3. The van der Waals surface area contributed by atoms with Crippen molar-refractivity contribution in [1.29, 1.82) is 0 Å². The van der Waals surface area contributed by atoms with Gasteiger partial charge < -0.3 is 44.3 Å². The van der Waals surface area contributed by atoms with Crippen molar-refractivity contribution >= 4 is 29.4 Å². The van der Waals surface area contributed by atoms with E-state index in [1.165, 1.54) is 44.3 Å². The van der Waals surface area contributed by atoms with Crippen LogP contribution in [0.2, 0.25) is 0 Å². The number of rotatable bonds is 21. The van der Waals surface area contributed by atoms with Gasteiger partial charge in [0, 0.05) is 67.4 Å². The molecule has 0 unspecified atom stereocenters. The highest BCUT2D eigenvalue weighted by Crippen LogP contribution is 2.47. The summed E-state index contributed by atoms with van der Waals surface area (Å²) >= 11 is 0. The van der Waals surface area contributed by atoms with Crippen molar-refractivity contribution in [2.75, 3.05) is 21.2 Å². The molecule has 1 aliphatic heterocycles. The molecule has 1 aliphatic rings. The number of phenolic OH excluding ortho intramolecular Hbond substituents is 2. The fourth-order valence-corrected chi connectivity index (χ4v) is 7.68. The number of unbranched alkanes of at least 4 members (excludes halogenated alkanes) is 6. The van der Waals surface area contributed by atoms with Crippen molar-refractivity contribution in [2.24, 2.45) is 0 Å². The molecular weight excluding hydrogens is 847 g/mol. The van der Waals surface area contributed by atoms with E-state index in [2.05, 4.69) is 6.92 Å². The molecule has 4 aromatic carbocycles. The Kier molecular flexibility index (Phi) is 19.0. The fourth-order valence-electron chi connectivity index (χ4n) is 7.68. The van der Waals surface area contributed by atoms with Gasteiger partial charge in [-0.3, -0.25) is 14.4 Å². The van der Waals surface area contributed by atoms with Crippen LogP contribution in [0.4, 0.5) is 0 Å². The number of nitrogens with zero attached hydrogens (tertiary/aromatic N) is 1. The summed E-state index contributed by atoms with van der Waals surface area (Å²) in [6.07, 6.45) is 9.85. The van der Waals surface area contributed by atoms with Crippen LogP contribution in [0.3, 0.4) is 0 Å². The quantitative estimate of drug-likeness (QED) is 0.0266. The minimum atomic E-state index is -1.38. The van der Waals surface area contributed by atoms with Gasteiger partial charge in [-0.25, -0.2) is 9.59 Å². The number of carbonyl (C=O) groups excluding carboxylic acids is 4. The molecule has 4 N–H and O–H groups in total. The molecule has 14 nitrogen and oxygen atoms in total. The highest BCUT2D eigenvalue weighted by Gasteiger charge is 2.32. The number of Topliss-reactive ketones (excluding diaryl/α,β-unsaturated/α-hetero) is 2. The number of benzene rings is 4. The lowest BCUT2D eigenvalue weighted by atomic mass is 9.96. The molecule has 0 spiro atoms. The van der Waals surface area contributed by atoms with E-state index in [4.69, 9.17) is 18.9 Å². The van der Waals surface area contributed by atoms with Gasteiger partial charge in [-0.1, -0.05) is 66.2 Å². The van der Waals surface area contributed by atoms with Crippen molar-refractivity contribution in [3.8, 4) is 51.7 Å². The van der Waals surface area contributed by atoms with Crippen molar-refractivity contribution < 1.29 is 63.3 Å². The number of amides is 1. The van der Waals surface area contributed by atoms with Gasteiger partial charge in [-0.15, -0.1) is 0 Å². The maximum Gasteiger partial charge on any atom is 0.348 e. The van der Waals surface area contributed by atoms with Gasteiger partial charge in [-0.05, 0) is 81.7 Å². The zero-order valence-electron chi connectivity index (χ0n) is 39.8. The first-order valence-corrected chi connectivity index (χ1v) is 22.8. The van der Waals surface area contributed by atoms with E-state index in [1.807, 2.05) is 34.6 Å². The number of fused-ring (bicyclic) bond motifs is 2. The maximum absolute atomic E-state index is 13.2. The van der Waals surface area contributed by atoms with Crippen LogP contribution in [0, 0.1) is 13.8 Å². The van der Waals surface area contributed by atoms with Gasteiger partial charge in [-0.2, -0.15) is 0 Å². The van der Waals surface area contributed by atoms with Crippen molar-refractivity contribution in [3.63, 3.8) is 0 Å². The number of carboxylic acids is 1. The van der Waals surface area contributed by atoms with Gasteiger partial charge in [0.05, 0.1) is 12.7 Å². The molecule has 5 rings (SSSR count). The third kappa shape index (κ3) is 12.4. The second kappa shape index (κ2) is 24.1. The smallest absolute Gasteiger partial charge is 0.348 e. The van der Waals surface area contributed by atoms with Crippen LogP contribution < -0.4 is 18.9 Å². The predicted molar refractivity (Wildman–Crippen MR) is 251 cm³/mol. The number of methoxy groups -OCH3 is 1. The second-order valence-corrected chi connectivity index (χ2v) is 16.7. The van der Waals surface area contributed by atoms with E-state index in [1.54, 1.807) is 12.1 Å². The normalized spacial score (nSPS) is 11.5. The number of aromatic carboxylic acids is 1. The van der Waals surface area contributed by atoms with E-state index < -0.39 is 29.3 Å². The van der Waals surface area contributed by atoms with E-state index in [9.17, 15) is 44.4 Å². The number of esters is 1. The van der Waals surface area contributed by atoms with Crippen LogP contribution in [0.5, 0.6) is 51.7 Å². The average molecular weight is 912 g/mol. The standard InChI is InChI=1S/C27H35NO8.C25H30O5/c1-6-8-10-11-17-23(27(33)34)20(30)15-21(31)25(17)36-22-14-16(35-5)13-18(19(29)12-9-7-2)24(22)26(32)28(3)4;1-5-7-9-10-17-16(4)20(27)14-22-24(17)29-21-13-15(3)12-18(19(26)11-8-6-2)23(21)25(28)30-22/h13-15,30-31H,6-12H2,1-5H3,(H,33,34);12-14,27H,5-11H2,1-4H3. The van der Waals surface area contributed by atoms with Gasteiger partial charge in [0.15, 0.2) is 34.6 Å². The molecule has 14 heteroatoms. The minimum absolute atomic E-state index is 0.0224. The molecule has 0 aromatic heterocycles. The first kappa shape index (κ1) is 52.1. The Morgan fingerprint density at radius 2 is 1.24 bits per heavy atom. The topological polar surface area (TPSA) is 206 Å². The molecule has 1 heterocycles. The van der Waals surface area contributed by atoms with Crippen LogP contribution >= 0.6 is 0 Å². The van der Waals surface area contributed by atoms with Crippen LogP contribution in [0.1, 0.15) is 179 Å². The Morgan fingerprint density at radius 3 is 1.80 bits per heavy atom. The van der Waals surface area contributed by atoms with Gasteiger partial charge in [0.25, 0.3) is 5.91 Å². The molecule has 0 atom stereocenters. The predicted octanol–water partition coefficient (Wildman–Crippen LogP) is 11.8. The molecule has 0 radical (unpaired) electrons. The maximum atomic E-state index is 13.2. The summed E-state index contributed by atoms with van der Waals surface area (Å²) in [4.78, 5) is 65.4. The van der Waals surface area contributed by atoms with Gasteiger partial charge in [0.1, 0.15) is 39.9 Å². The molecule has 356 valence electrons. The average Bonchev–Trinajstić information content (AvgIpc) is 3.41. The van der Waals surface area contributed by atoms with E-state index in [0.717, 1.165) is 74.1 Å². The second-order valence-electron chi connectivity index (χ2n) is 16.7. The Labute approximate surface area is 387 Å². The van der Waals surface area contributed by atoms with Crippen molar-refractivity contribution in [1.82, 2.24) is 4.90 Å². The number of hydrogen-bond donors (Lipinski definition) is 4.